The van der Waals surface area contributed by atoms with E-state index in [1.807, 2.05) is 17.5 Å². The van der Waals surface area contributed by atoms with Crippen LogP contribution in [-0.4, -0.2) is 5.16 Å². The Balaban J connectivity index is 2.24. The minimum absolute atomic E-state index is 0.443. The van der Waals surface area contributed by atoms with Gasteiger partial charge in [-0.25, -0.2) is 0 Å². The van der Waals surface area contributed by atoms with Gasteiger partial charge in [-0.2, -0.15) is 0 Å². The summed E-state index contributed by atoms with van der Waals surface area (Å²) in [5, 5.41) is 5.95. The smallest absolute Gasteiger partial charge is 0.178 e. The van der Waals surface area contributed by atoms with E-state index in [-0.39, 0.29) is 0 Å². The fourth-order valence-electron chi connectivity index (χ4n) is 2.13. The maximum absolute atomic E-state index is 5.96. The zero-order chi connectivity index (χ0) is 13.4. The third-order valence-electron chi connectivity index (χ3n) is 3.12. The average molecular weight is 270 g/mol. The summed E-state index contributed by atoms with van der Waals surface area (Å²) in [5.41, 5.74) is 10.2. The van der Waals surface area contributed by atoms with Crippen molar-refractivity contribution in [2.45, 2.75) is 13.8 Å². The molecule has 4 heteroatoms. The lowest BCUT2D eigenvalue weighted by Crippen LogP contribution is -1.88. The van der Waals surface area contributed by atoms with Crippen molar-refractivity contribution in [2.75, 3.05) is 5.73 Å². The lowest BCUT2D eigenvalue weighted by atomic mass is 10.0. The lowest BCUT2D eigenvalue weighted by Gasteiger charge is -2.05. The highest BCUT2D eigenvalue weighted by Crippen LogP contribution is 2.39. The van der Waals surface area contributed by atoms with Gasteiger partial charge in [-0.1, -0.05) is 28.9 Å². The highest BCUT2D eigenvalue weighted by molar-refractivity contribution is 7.13. The van der Waals surface area contributed by atoms with Crippen molar-refractivity contribution in [1.29, 1.82) is 0 Å². The molecule has 0 aliphatic rings. The van der Waals surface area contributed by atoms with Gasteiger partial charge in [-0.05, 0) is 36.9 Å². The number of nitrogens with zero attached hydrogens (tertiary/aromatic N) is 1. The molecule has 1 aromatic carbocycles. The molecule has 0 fully saturated rings. The summed E-state index contributed by atoms with van der Waals surface area (Å²) in [6.45, 7) is 4.12. The van der Waals surface area contributed by atoms with Crippen LogP contribution < -0.4 is 5.73 Å². The van der Waals surface area contributed by atoms with Crippen molar-refractivity contribution >= 4 is 17.2 Å². The van der Waals surface area contributed by atoms with Crippen molar-refractivity contribution in [3.63, 3.8) is 0 Å². The molecule has 19 heavy (non-hydrogen) atoms. The number of anilines is 1. The van der Waals surface area contributed by atoms with E-state index >= 15 is 0 Å². The fourth-order valence-corrected chi connectivity index (χ4v) is 2.90. The van der Waals surface area contributed by atoms with Crippen LogP contribution in [0.5, 0.6) is 0 Å². The number of aryl methyl sites for hydroxylation is 2. The van der Waals surface area contributed by atoms with Crippen LogP contribution in [0.3, 0.4) is 0 Å². The number of hydrogen-bond donors (Lipinski definition) is 1. The first-order valence-electron chi connectivity index (χ1n) is 6.03. The first-order chi connectivity index (χ1) is 9.16. The number of hydrogen-bond acceptors (Lipinski definition) is 4. The van der Waals surface area contributed by atoms with Gasteiger partial charge in [0.15, 0.2) is 11.6 Å². The third kappa shape index (κ3) is 2.04. The molecule has 0 radical (unpaired) electrons. The molecule has 0 saturated carbocycles. The summed E-state index contributed by atoms with van der Waals surface area (Å²) in [4.78, 5) is 1.08. The van der Waals surface area contributed by atoms with E-state index in [4.69, 9.17) is 10.3 Å². The predicted molar refractivity (Wildman–Crippen MR) is 79.1 cm³/mol. The molecule has 0 saturated heterocycles. The molecular weight excluding hydrogens is 256 g/mol. The van der Waals surface area contributed by atoms with Crippen LogP contribution in [0, 0.1) is 13.8 Å². The Hall–Kier alpha value is -2.07. The predicted octanol–water partition coefficient (Wildman–Crippen LogP) is 4.27. The van der Waals surface area contributed by atoms with Gasteiger partial charge in [0.05, 0.1) is 5.56 Å². The second-order valence-electron chi connectivity index (χ2n) is 4.57. The van der Waals surface area contributed by atoms with Crippen molar-refractivity contribution in [1.82, 2.24) is 5.16 Å². The number of nitrogen functional groups attached to an aromatic ring is 1. The molecule has 0 spiro atoms. The zero-order valence-corrected chi connectivity index (χ0v) is 11.6. The Morgan fingerprint density at radius 2 is 2.05 bits per heavy atom. The minimum Gasteiger partial charge on any atom is -0.380 e. The molecule has 3 aromatic rings. The van der Waals surface area contributed by atoms with Gasteiger partial charge in [-0.15, -0.1) is 11.3 Å². The quantitative estimate of drug-likeness (QED) is 0.756. The minimum atomic E-state index is 0.443. The Morgan fingerprint density at radius 1 is 1.21 bits per heavy atom. The van der Waals surface area contributed by atoms with Gasteiger partial charge in [0.1, 0.15) is 0 Å². The highest BCUT2D eigenvalue weighted by Gasteiger charge is 2.19. The van der Waals surface area contributed by atoms with E-state index in [1.165, 1.54) is 5.56 Å². The maximum Gasteiger partial charge on any atom is 0.178 e. The molecule has 96 valence electrons. The van der Waals surface area contributed by atoms with E-state index in [1.54, 1.807) is 11.3 Å². The number of nitrogens with two attached hydrogens (primary N) is 1. The molecule has 0 bridgehead atoms. The number of benzene rings is 1. The first kappa shape index (κ1) is 12.0. The van der Waals surface area contributed by atoms with Gasteiger partial charge in [0.25, 0.3) is 0 Å². The van der Waals surface area contributed by atoms with E-state index in [0.717, 1.165) is 27.3 Å². The molecule has 2 N–H and O–H groups in total. The summed E-state index contributed by atoms with van der Waals surface area (Å²) >= 11 is 1.63. The Bertz CT molecular complexity index is 714. The summed E-state index contributed by atoms with van der Waals surface area (Å²) < 4.78 is 5.47. The van der Waals surface area contributed by atoms with E-state index in [0.29, 0.717) is 5.82 Å². The normalized spacial score (nSPS) is 10.8. The molecule has 0 amide bonds. The SMILES string of the molecule is Cc1ccc(C)c(-c2onc(N)c2-c2cccs2)c1. The molecule has 0 atom stereocenters. The van der Waals surface area contributed by atoms with E-state index < -0.39 is 0 Å². The topological polar surface area (TPSA) is 52.0 Å². The van der Waals surface area contributed by atoms with Gasteiger partial charge in [0.2, 0.25) is 0 Å². The third-order valence-corrected chi connectivity index (χ3v) is 4.01. The summed E-state index contributed by atoms with van der Waals surface area (Å²) in [5.74, 6) is 1.19. The Morgan fingerprint density at radius 3 is 2.79 bits per heavy atom. The lowest BCUT2D eigenvalue weighted by molar-refractivity contribution is 0.436. The van der Waals surface area contributed by atoms with Crippen molar-refractivity contribution < 1.29 is 4.52 Å². The maximum atomic E-state index is 5.96. The number of thiophene rings is 1. The van der Waals surface area contributed by atoms with Gasteiger partial charge in [-0.3, -0.25) is 0 Å². The zero-order valence-electron chi connectivity index (χ0n) is 10.8. The molecule has 2 aromatic heterocycles. The molecule has 3 nitrogen and oxygen atoms in total. The molecule has 0 aliphatic heterocycles. The summed E-state index contributed by atoms with van der Waals surface area (Å²) in [7, 11) is 0. The van der Waals surface area contributed by atoms with Crippen LogP contribution >= 0.6 is 11.3 Å². The number of rotatable bonds is 2. The average Bonchev–Trinajstić information content (AvgIpc) is 3.01. The van der Waals surface area contributed by atoms with Crippen LogP contribution in [0.15, 0.2) is 40.2 Å². The van der Waals surface area contributed by atoms with Crippen molar-refractivity contribution in [3.05, 3.63) is 46.8 Å². The highest BCUT2D eigenvalue weighted by atomic mass is 32.1. The van der Waals surface area contributed by atoms with Crippen LogP contribution in [0.4, 0.5) is 5.82 Å². The summed E-state index contributed by atoms with van der Waals surface area (Å²) in [6.07, 6.45) is 0. The van der Waals surface area contributed by atoms with Crippen LogP contribution in [0.25, 0.3) is 21.8 Å². The molecule has 0 aliphatic carbocycles. The van der Waals surface area contributed by atoms with Crippen molar-refractivity contribution in [3.8, 4) is 21.8 Å². The van der Waals surface area contributed by atoms with E-state index in [2.05, 4.69) is 37.2 Å². The monoisotopic (exact) mass is 270 g/mol. The molecule has 3 rings (SSSR count). The Kier molecular flexibility index (Phi) is 2.87. The Labute approximate surface area is 115 Å². The van der Waals surface area contributed by atoms with Gasteiger partial charge < -0.3 is 10.3 Å². The largest absolute Gasteiger partial charge is 0.380 e. The fraction of sp³-hybridized carbons (Fsp3) is 0.133. The second-order valence-corrected chi connectivity index (χ2v) is 5.52. The standard InChI is InChI=1S/C15H14N2OS/c1-9-5-6-10(2)11(8-9)14-13(15(16)17-18-14)12-4-3-7-19-12/h3-8H,1-2H3,(H2,16,17). The van der Waals surface area contributed by atoms with Gasteiger partial charge in [0, 0.05) is 10.4 Å². The van der Waals surface area contributed by atoms with Crippen LogP contribution in [0.1, 0.15) is 11.1 Å². The molecular formula is C15H14N2OS. The molecule has 2 heterocycles. The first-order valence-corrected chi connectivity index (χ1v) is 6.91. The van der Waals surface area contributed by atoms with Crippen LogP contribution in [0.2, 0.25) is 0 Å². The van der Waals surface area contributed by atoms with E-state index in [9.17, 15) is 0 Å². The van der Waals surface area contributed by atoms with Crippen LogP contribution in [-0.2, 0) is 0 Å². The molecule has 0 unspecified atom stereocenters. The van der Waals surface area contributed by atoms with Gasteiger partial charge >= 0.3 is 0 Å². The second kappa shape index (κ2) is 4.55. The number of aromatic nitrogens is 1. The van der Waals surface area contributed by atoms with Crippen molar-refractivity contribution in [2.24, 2.45) is 0 Å². The summed E-state index contributed by atoms with van der Waals surface area (Å²) in [6, 6.07) is 10.3.